The van der Waals surface area contributed by atoms with Crippen LogP contribution in [-0.2, 0) is 12.5 Å². The van der Waals surface area contributed by atoms with Crippen molar-refractivity contribution in [2.45, 2.75) is 18.9 Å². The quantitative estimate of drug-likeness (QED) is 0.681. The smallest absolute Gasteiger partial charge is 0.280 e. The molecule has 0 aliphatic heterocycles. The molecule has 0 spiro atoms. The maximum absolute atomic E-state index is 12.5. The fourth-order valence-electron chi connectivity index (χ4n) is 1.00. The maximum Gasteiger partial charge on any atom is 0.280 e. The van der Waals surface area contributed by atoms with Gasteiger partial charge in [0, 0.05) is 9.13 Å². The van der Waals surface area contributed by atoms with Crippen LogP contribution in [0.3, 0.4) is 0 Å². The van der Waals surface area contributed by atoms with Gasteiger partial charge in [0.1, 0.15) is 5.69 Å². The molecule has 1 aromatic rings. The van der Waals surface area contributed by atoms with Gasteiger partial charge in [0.05, 0.1) is 18.2 Å². The van der Waals surface area contributed by atoms with Gasteiger partial charge in [-0.1, -0.05) is 0 Å². The van der Waals surface area contributed by atoms with Crippen LogP contribution in [0.4, 0.5) is 8.78 Å². The van der Waals surface area contributed by atoms with E-state index in [0.29, 0.717) is 9.13 Å². The molecule has 1 aromatic heterocycles. The number of aliphatic hydroxyl groups is 1. The van der Waals surface area contributed by atoms with Gasteiger partial charge in [0.2, 0.25) is 0 Å². The second-order valence-electron chi connectivity index (χ2n) is 2.55. The molecular formula is C8H7ClF2INO. The van der Waals surface area contributed by atoms with Gasteiger partial charge in [-0.3, -0.25) is 0 Å². The standard InChI is InChI=1S/C8H7ClF2INO/c9-2-5-6(12)1-4(3-14)13-7(5)8(10)11/h1,8,14H,2-3H2. The van der Waals surface area contributed by atoms with Gasteiger partial charge >= 0.3 is 0 Å². The van der Waals surface area contributed by atoms with Crippen molar-refractivity contribution in [1.82, 2.24) is 4.98 Å². The summed E-state index contributed by atoms with van der Waals surface area (Å²) < 4.78 is 25.6. The highest BCUT2D eigenvalue weighted by atomic mass is 127. The van der Waals surface area contributed by atoms with E-state index in [1.54, 1.807) is 6.07 Å². The zero-order valence-corrected chi connectivity index (χ0v) is 9.89. The van der Waals surface area contributed by atoms with Crippen LogP contribution in [0.5, 0.6) is 0 Å². The third-order valence-electron chi connectivity index (χ3n) is 1.66. The van der Waals surface area contributed by atoms with Gasteiger partial charge in [0.25, 0.3) is 6.43 Å². The number of hydrogen-bond donors (Lipinski definition) is 1. The average Bonchev–Trinajstić information content (AvgIpc) is 2.16. The van der Waals surface area contributed by atoms with E-state index in [0.717, 1.165) is 0 Å². The first-order valence-electron chi connectivity index (χ1n) is 3.73. The topological polar surface area (TPSA) is 33.1 Å². The normalized spacial score (nSPS) is 11.0. The summed E-state index contributed by atoms with van der Waals surface area (Å²) in [6, 6.07) is 1.55. The lowest BCUT2D eigenvalue weighted by Gasteiger charge is -2.09. The number of rotatable bonds is 3. The second-order valence-corrected chi connectivity index (χ2v) is 3.98. The van der Waals surface area contributed by atoms with Crippen LogP contribution in [-0.4, -0.2) is 10.1 Å². The SMILES string of the molecule is OCc1cc(I)c(CCl)c(C(F)F)n1. The Kier molecular flexibility index (Phi) is 4.46. The Morgan fingerprint density at radius 3 is 2.64 bits per heavy atom. The average molecular weight is 334 g/mol. The Bertz CT molecular complexity index is 335. The van der Waals surface area contributed by atoms with Crippen molar-refractivity contribution in [2.75, 3.05) is 0 Å². The molecular weight excluding hydrogens is 326 g/mol. The Balaban J connectivity index is 3.28. The van der Waals surface area contributed by atoms with Gasteiger partial charge in [-0.05, 0) is 28.7 Å². The highest BCUT2D eigenvalue weighted by Gasteiger charge is 2.17. The molecule has 1 heterocycles. The summed E-state index contributed by atoms with van der Waals surface area (Å²) in [5.41, 5.74) is 0.231. The Morgan fingerprint density at radius 2 is 2.21 bits per heavy atom. The highest BCUT2D eigenvalue weighted by molar-refractivity contribution is 14.1. The number of aromatic nitrogens is 1. The van der Waals surface area contributed by atoms with Crippen LogP contribution in [0.25, 0.3) is 0 Å². The van der Waals surface area contributed by atoms with Gasteiger partial charge in [-0.15, -0.1) is 11.6 Å². The van der Waals surface area contributed by atoms with E-state index < -0.39 is 6.43 Å². The summed E-state index contributed by atoms with van der Waals surface area (Å²) in [5.74, 6) is -0.00332. The highest BCUT2D eigenvalue weighted by Crippen LogP contribution is 2.26. The van der Waals surface area contributed by atoms with E-state index in [9.17, 15) is 8.78 Å². The minimum Gasteiger partial charge on any atom is -0.390 e. The number of nitrogens with zero attached hydrogens (tertiary/aromatic N) is 1. The van der Waals surface area contributed by atoms with Crippen molar-refractivity contribution in [1.29, 1.82) is 0 Å². The van der Waals surface area contributed by atoms with E-state index in [4.69, 9.17) is 16.7 Å². The number of aliphatic hydroxyl groups excluding tert-OH is 1. The van der Waals surface area contributed by atoms with Crippen molar-refractivity contribution >= 4 is 34.2 Å². The van der Waals surface area contributed by atoms with E-state index in [-0.39, 0.29) is 23.9 Å². The van der Waals surface area contributed by atoms with Crippen molar-refractivity contribution in [3.05, 3.63) is 26.6 Å². The Labute approximate surface area is 98.4 Å². The molecule has 78 valence electrons. The molecule has 0 unspecified atom stereocenters. The van der Waals surface area contributed by atoms with Gasteiger partial charge < -0.3 is 5.11 Å². The molecule has 0 saturated heterocycles. The molecule has 0 aromatic carbocycles. The lowest BCUT2D eigenvalue weighted by molar-refractivity contribution is 0.144. The van der Waals surface area contributed by atoms with Gasteiger partial charge in [-0.25, -0.2) is 13.8 Å². The predicted octanol–water partition coefficient (Wildman–Crippen LogP) is 2.85. The minimum atomic E-state index is -2.66. The Hall–Kier alpha value is -0.0100. The third kappa shape index (κ3) is 2.52. The zero-order valence-electron chi connectivity index (χ0n) is 6.98. The first-order valence-corrected chi connectivity index (χ1v) is 5.34. The maximum atomic E-state index is 12.5. The molecule has 0 fully saturated rings. The molecule has 2 nitrogen and oxygen atoms in total. The van der Waals surface area contributed by atoms with Crippen LogP contribution in [0.1, 0.15) is 23.4 Å². The fourth-order valence-corrected chi connectivity index (χ4v) is 2.34. The van der Waals surface area contributed by atoms with Crippen LogP contribution >= 0.6 is 34.2 Å². The molecule has 0 atom stereocenters. The molecule has 0 aliphatic rings. The second kappa shape index (κ2) is 5.18. The van der Waals surface area contributed by atoms with Crippen molar-refractivity contribution in [3.63, 3.8) is 0 Å². The lowest BCUT2D eigenvalue weighted by Crippen LogP contribution is -2.03. The molecule has 0 radical (unpaired) electrons. The lowest BCUT2D eigenvalue weighted by atomic mass is 10.2. The van der Waals surface area contributed by atoms with E-state index in [1.807, 2.05) is 22.6 Å². The first kappa shape index (κ1) is 12.1. The van der Waals surface area contributed by atoms with Gasteiger partial charge in [-0.2, -0.15) is 0 Å². The van der Waals surface area contributed by atoms with E-state index in [1.165, 1.54) is 0 Å². The first-order chi connectivity index (χ1) is 6.60. The zero-order chi connectivity index (χ0) is 10.7. The van der Waals surface area contributed by atoms with Crippen molar-refractivity contribution in [3.8, 4) is 0 Å². The predicted molar refractivity (Wildman–Crippen MR) is 57.4 cm³/mol. The monoisotopic (exact) mass is 333 g/mol. The van der Waals surface area contributed by atoms with Crippen LogP contribution in [0.15, 0.2) is 6.07 Å². The molecule has 6 heteroatoms. The number of hydrogen-bond acceptors (Lipinski definition) is 2. The summed E-state index contributed by atoms with van der Waals surface area (Å²) in [4.78, 5) is 3.63. The molecule has 14 heavy (non-hydrogen) atoms. The van der Waals surface area contributed by atoms with Crippen LogP contribution in [0.2, 0.25) is 0 Å². The number of alkyl halides is 3. The molecule has 0 aliphatic carbocycles. The number of pyridine rings is 1. The summed E-state index contributed by atoms with van der Waals surface area (Å²) in [6.07, 6.45) is -2.66. The van der Waals surface area contributed by atoms with Crippen molar-refractivity contribution < 1.29 is 13.9 Å². The molecule has 0 bridgehead atoms. The summed E-state index contributed by atoms with van der Waals surface area (Å²) in [5, 5.41) is 8.79. The minimum absolute atomic E-state index is 0.00332. The summed E-state index contributed by atoms with van der Waals surface area (Å²) in [6.45, 7) is -0.349. The number of halogens is 4. The molecule has 1 rings (SSSR count). The molecule has 1 N–H and O–H groups in total. The molecule has 0 saturated carbocycles. The van der Waals surface area contributed by atoms with Crippen LogP contribution < -0.4 is 0 Å². The van der Waals surface area contributed by atoms with Gasteiger partial charge in [0.15, 0.2) is 0 Å². The summed E-state index contributed by atoms with van der Waals surface area (Å²) >= 11 is 7.44. The Morgan fingerprint density at radius 1 is 1.57 bits per heavy atom. The van der Waals surface area contributed by atoms with E-state index in [2.05, 4.69) is 4.98 Å². The third-order valence-corrected chi connectivity index (χ3v) is 2.89. The fraction of sp³-hybridized carbons (Fsp3) is 0.375. The summed E-state index contributed by atoms with van der Waals surface area (Å²) in [7, 11) is 0. The van der Waals surface area contributed by atoms with E-state index >= 15 is 0 Å². The largest absolute Gasteiger partial charge is 0.390 e. The molecule has 0 amide bonds. The van der Waals surface area contributed by atoms with Crippen LogP contribution in [0, 0.1) is 3.57 Å². The van der Waals surface area contributed by atoms with Crippen molar-refractivity contribution in [2.24, 2.45) is 0 Å².